The van der Waals surface area contributed by atoms with E-state index in [0.717, 1.165) is 0 Å². The normalized spacial score (nSPS) is 10.4. The standard InChI is InChI=1S/C24H18N2O7S/c1-29-19-10-9-16(14-20(19)30-2)21-25-26-24(33-21)34-12-6-5-11-31-22(27)17-13-15-7-3-4-8-18(15)32-23(17)28/h3-4,7-10,13-14H,11-12H2,1-2H3. The quantitative estimate of drug-likeness (QED) is 0.168. The van der Waals surface area contributed by atoms with Crippen LogP contribution in [-0.4, -0.2) is 42.7 Å². The summed E-state index contributed by atoms with van der Waals surface area (Å²) in [4.78, 5) is 24.2. The first-order valence-corrected chi connectivity index (χ1v) is 10.9. The molecule has 172 valence electrons. The van der Waals surface area contributed by atoms with E-state index in [2.05, 4.69) is 22.0 Å². The smallest absolute Gasteiger partial charge is 0.351 e. The zero-order valence-corrected chi connectivity index (χ0v) is 19.0. The highest BCUT2D eigenvalue weighted by Gasteiger charge is 2.15. The van der Waals surface area contributed by atoms with Crippen molar-refractivity contribution >= 4 is 28.7 Å². The number of hydrogen-bond donors (Lipinski definition) is 0. The lowest BCUT2D eigenvalue weighted by molar-refractivity contribution is 0.0552. The Labute approximate surface area is 198 Å². The second-order valence-corrected chi connectivity index (χ2v) is 7.57. The molecule has 0 unspecified atom stereocenters. The fourth-order valence-electron chi connectivity index (χ4n) is 2.94. The van der Waals surface area contributed by atoms with E-state index in [9.17, 15) is 9.59 Å². The third-order valence-electron chi connectivity index (χ3n) is 4.57. The Hall–Kier alpha value is -4.23. The van der Waals surface area contributed by atoms with Crippen molar-refractivity contribution in [1.29, 1.82) is 0 Å². The molecule has 2 heterocycles. The Kier molecular flexibility index (Phi) is 7.15. The van der Waals surface area contributed by atoms with Crippen LogP contribution in [0.2, 0.25) is 0 Å². The lowest BCUT2D eigenvalue weighted by Crippen LogP contribution is -2.16. The van der Waals surface area contributed by atoms with Crippen molar-refractivity contribution in [3.8, 4) is 34.8 Å². The number of rotatable bonds is 7. The zero-order valence-electron chi connectivity index (χ0n) is 18.2. The third-order valence-corrected chi connectivity index (χ3v) is 5.27. The number of esters is 1. The number of carbonyl (C=O) groups excluding carboxylic acids is 1. The van der Waals surface area contributed by atoms with Gasteiger partial charge in [-0.15, -0.1) is 10.2 Å². The average molecular weight is 478 g/mol. The minimum absolute atomic E-state index is 0.174. The van der Waals surface area contributed by atoms with Crippen LogP contribution >= 0.6 is 11.8 Å². The highest BCUT2D eigenvalue weighted by Crippen LogP contribution is 2.32. The molecule has 0 aliphatic heterocycles. The third kappa shape index (κ3) is 5.22. The summed E-state index contributed by atoms with van der Waals surface area (Å²) in [5, 5.41) is 8.98. The number of ether oxygens (including phenoxy) is 3. The van der Waals surface area contributed by atoms with Crippen LogP contribution in [-0.2, 0) is 4.74 Å². The number of thioether (sulfide) groups is 1. The van der Waals surface area contributed by atoms with Crippen LogP contribution in [0.1, 0.15) is 10.4 Å². The van der Waals surface area contributed by atoms with Crippen LogP contribution in [0.4, 0.5) is 0 Å². The molecule has 0 bridgehead atoms. The van der Waals surface area contributed by atoms with Gasteiger partial charge in [0.15, 0.2) is 18.1 Å². The summed E-state index contributed by atoms with van der Waals surface area (Å²) in [7, 11) is 3.10. The largest absolute Gasteiger partial charge is 0.493 e. The van der Waals surface area contributed by atoms with Crippen molar-refractivity contribution in [1.82, 2.24) is 10.2 Å². The van der Waals surface area contributed by atoms with Gasteiger partial charge < -0.3 is 23.0 Å². The summed E-state index contributed by atoms with van der Waals surface area (Å²) >= 11 is 1.24. The van der Waals surface area contributed by atoms with E-state index in [1.807, 2.05) is 0 Å². The van der Waals surface area contributed by atoms with Gasteiger partial charge in [0.25, 0.3) is 5.22 Å². The van der Waals surface area contributed by atoms with Crippen molar-refractivity contribution in [2.45, 2.75) is 5.22 Å². The molecule has 0 spiro atoms. The Morgan fingerprint density at radius 1 is 1.00 bits per heavy atom. The summed E-state index contributed by atoms with van der Waals surface area (Å²) in [6, 6.07) is 13.6. The van der Waals surface area contributed by atoms with E-state index >= 15 is 0 Å². The molecule has 0 fully saturated rings. The minimum Gasteiger partial charge on any atom is -0.493 e. The van der Waals surface area contributed by atoms with Crippen molar-refractivity contribution in [2.75, 3.05) is 26.6 Å². The summed E-state index contributed by atoms with van der Waals surface area (Å²) in [6.07, 6.45) is 0. The highest BCUT2D eigenvalue weighted by molar-refractivity contribution is 7.99. The molecule has 0 radical (unpaired) electrons. The Morgan fingerprint density at radius 3 is 2.65 bits per heavy atom. The maximum absolute atomic E-state index is 12.2. The van der Waals surface area contributed by atoms with Gasteiger partial charge in [0, 0.05) is 10.9 Å². The van der Waals surface area contributed by atoms with Gasteiger partial charge in [-0.25, -0.2) is 9.59 Å². The van der Waals surface area contributed by atoms with E-state index in [1.54, 1.807) is 56.7 Å². The van der Waals surface area contributed by atoms with Crippen LogP contribution in [0.25, 0.3) is 22.4 Å². The predicted molar refractivity (Wildman–Crippen MR) is 124 cm³/mol. The number of methoxy groups -OCH3 is 2. The van der Waals surface area contributed by atoms with Crippen molar-refractivity contribution in [3.05, 3.63) is 64.5 Å². The molecule has 2 aromatic carbocycles. The van der Waals surface area contributed by atoms with Crippen molar-refractivity contribution in [2.24, 2.45) is 0 Å². The number of carbonyl (C=O) groups is 1. The molecule has 0 aliphatic rings. The maximum atomic E-state index is 12.2. The highest BCUT2D eigenvalue weighted by atomic mass is 32.2. The number of aromatic nitrogens is 2. The maximum Gasteiger partial charge on any atom is 0.351 e. The van der Waals surface area contributed by atoms with E-state index in [1.165, 1.54) is 17.8 Å². The average Bonchev–Trinajstić information content (AvgIpc) is 3.34. The van der Waals surface area contributed by atoms with E-state index in [4.69, 9.17) is 23.0 Å². The molecule has 9 nitrogen and oxygen atoms in total. The molecule has 34 heavy (non-hydrogen) atoms. The number of hydrogen-bond acceptors (Lipinski definition) is 10. The van der Waals surface area contributed by atoms with Crippen molar-refractivity contribution in [3.63, 3.8) is 0 Å². The Balaban J connectivity index is 1.30. The molecule has 4 rings (SSSR count). The summed E-state index contributed by atoms with van der Waals surface area (Å²) in [5.41, 5.74) is 0.154. The Morgan fingerprint density at radius 2 is 1.82 bits per heavy atom. The first-order valence-electron chi connectivity index (χ1n) is 9.93. The first-order chi connectivity index (χ1) is 16.6. The van der Waals surface area contributed by atoms with Gasteiger partial charge in [-0.2, -0.15) is 0 Å². The lowest BCUT2D eigenvalue weighted by atomic mass is 10.2. The monoisotopic (exact) mass is 478 g/mol. The minimum atomic E-state index is -0.794. The SMILES string of the molecule is COc1ccc(-c2nnc(SCC#CCOC(=O)c3cc4ccccc4oc3=O)o2)cc1OC. The van der Waals surface area contributed by atoms with Crippen LogP contribution in [0.3, 0.4) is 0 Å². The second kappa shape index (κ2) is 10.6. The van der Waals surface area contributed by atoms with Gasteiger partial charge in [-0.3, -0.25) is 0 Å². The summed E-state index contributed by atoms with van der Waals surface area (Å²) < 4.78 is 26.3. The van der Waals surface area contributed by atoms with Crippen LogP contribution < -0.4 is 15.1 Å². The zero-order chi connectivity index (χ0) is 23.9. The first kappa shape index (κ1) is 22.9. The fourth-order valence-corrected chi connectivity index (χ4v) is 3.47. The molecule has 0 atom stereocenters. The fraction of sp³-hybridized carbons (Fsp3) is 0.167. The second-order valence-electron chi connectivity index (χ2n) is 6.65. The Bertz CT molecular complexity index is 1450. The molecule has 2 aromatic heterocycles. The topological polar surface area (TPSA) is 114 Å². The molecule has 0 N–H and O–H groups in total. The molecule has 0 amide bonds. The molecule has 10 heteroatoms. The molecule has 4 aromatic rings. The lowest BCUT2D eigenvalue weighted by Gasteiger charge is -2.07. The predicted octanol–water partition coefficient (Wildman–Crippen LogP) is 3.81. The van der Waals surface area contributed by atoms with Crippen LogP contribution in [0.5, 0.6) is 11.5 Å². The van der Waals surface area contributed by atoms with E-state index in [-0.39, 0.29) is 12.2 Å². The molecule has 0 saturated heterocycles. The van der Waals surface area contributed by atoms with Gasteiger partial charge in [0.2, 0.25) is 5.89 Å². The van der Waals surface area contributed by atoms with Gasteiger partial charge in [-0.05, 0) is 30.3 Å². The van der Waals surface area contributed by atoms with Gasteiger partial charge in [0.1, 0.15) is 11.1 Å². The van der Waals surface area contributed by atoms with Crippen molar-refractivity contribution < 1.29 is 27.8 Å². The van der Waals surface area contributed by atoms with E-state index < -0.39 is 11.6 Å². The van der Waals surface area contributed by atoms with Crippen LogP contribution in [0.15, 0.2) is 67.4 Å². The molecular formula is C24H18N2O7S. The summed E-state index contributed by atoms with van der Waals surface area (Å²) in [6.45, 7) is -0.174. The van der Waals surface area contributed by atoms with E-state index in [0.29, 0.717) is 44.9 Å². The van der Waals surface area contributed by atoms with Gasteiger partial charge in [-0.1, -0.05) is 41.8 Å². The molecule has 0 aliphatic carbocycles. The number of nitrogens with zero attached hydrogens (tertiary/aromatic N) is 2. The number of fused-ring (bicyclic) bond motifs is 1. The number of para-hydroxylation sites is 1. The van der Waals surface area contributed by atoms with Gasteiger partial charge >= 0.3 is 11.6 Å². The van der Waals surface area contributed by atoms with Crippen LogP contribution in [0, 0.1) is 11.8 Å². The summed E-state index contributed by atoms with van der Waals surface area (Å²) in [5.74, 6) is 6.57. The molecular weight excluding hydrogens is 460 g/mol. The van der Waals surface area contributed by atoms with Gasteiger partial charge in [0.05, 0.1) is 20.0 Å². The molecule has 0 saturated carbocycles. The number of benzene rings is 2.